The van der Waals surface area contributed by atoms with Crippen LogP contribution < -0.4 is 19.4 Å². The van der Waals surface area contributed by atoms with E-state index in [1.54, 1.807) is 30.3 Å². The van der Waals surface area contributed by atoms with Crippen LogP contribution in [-0.4, -0.2) is 59.8 Å². The zero-order valence-electron chi connectivity index (χ0n) is 21.3. The number of benzene rings is 1. The van der Waals surface area contributed by atoms with E-state index in [2.05, 4.69) is 10.1 Å². The third-order valence-electron chi connectivity index (χ3n) is 6.87. The minimum atomic E-state index is -4.65. The number of pyridine rings is 1. The molecule has 1 saturated heterocycles. The van der Waals surface area contributed by atoms with Crippen LogP contribution >= 0.6 is 0 Å². The van der Waals surface area contributed by atoms with Gasteiger partial charge in [0.2, 0.25) is 5.88 Å². The van der Waals surface area contributed by atoms with Gasteiger partial charge in [-0.15, -0.1) is 0 Å². The number of hydrogen-bond donors (Lipinski definition) is 1. The second-order valence-electron chi connectivity index (χ2n) is 9.55. The normalized spacial score (nSPS) is 23.8. The Balaban J connectivity index is 1.43. The maximum atomic E-state index is 14.4. The van der Waals surface area contributed by atoms with E-state index >= 15 is 0 Å². The fourth-order valence-electron chi connectivity index (χ4n) is 4.93. The minimum absolute atomic E-state index is 0.0462. The van der Waals surface area contributed by atoms with Crippen LogP contribution in [0.4, 0.5) is 28.9 Å². The van der Waals surface area contributed by atoms with E-state index in [9.17, 15) is 27.5 Å². The summed E-state index contributed by atoms with van der Waals surface area (Å²) in [6.45, 7) is 6.69. The molecule has 1 aromatic carbocycles. The number of aromatic nitrogens is 1. The summed E-state index contributed by atoms with van der Waals surface area (Å²) in [6.07, 6.45) is -3.52. The second kappa shape index (κ2) is 11.0. The van der Waals surface area contributed by atoms with Crippen molar-refractivity contribution in [2.24, 2.45) is 16.9 Å². The molecule has 12 heteroatoms. The van der Waals surface area contributed by atoms with Gasteiger partial charge in [-0.25, -0.2) is 9.37 Å². The molecule has 0 aliphatic carbocycles. The molecule has 1 fully saturated rings. The topological polar surface area (TPSA) is 87.5 Å². The van der Waals surface area contributed by atoms with E-state index in [-0.39, 0.29) is 12.0 Å². The predicted octanol–water partition coefficient (Wildman–Crippen LogP) is 5.13. The Bertz CT molecular complexity index is 1170. The number of alkyl halides is 3. The number of rotatable bonds is 8. The van der Waals surface area contributed by atoms with Gasteiger partial charge in [0.15, 0.2) is 5.82 Å². The van der Waals surface area contributed by atoms with E-state index in [1.807, 2.05) is 18.7 Å². The molecule has 2 aliphatic rings. The molecule has 206 valence electrons. The Kier molecular flexibility index (Phi) is 7.98. The van der Waals surface area contributed by atoms with E-state index < -0.39 is 42.1 Å². The number of nitrogens with zero attached hydrogens (tertiary/aromatic N) is 4. The highest BCUT2D eigenvalue weighted by atomic mass is 19.4. The molecule has 0 amide bonds. The van der Waals surface area contributed by atoms with Crippen LogP contribution in [-0.2, 0) is 4.79 Å². The number of carboxylic acids is 1. The molecule has 0 saturated carbocycles. The summed E-state index contributed by atoms with van der Waals surface area (Å²) in [6, 6.07) is 7.04. The van der Waals surface area contributed by atoms with Gasteiger partial charge in [0.25, 0.3) is 0 Å². The number of carbonyl (C=O) groups is 1. The number of anilines is 2. The van der Waals surface area contributed by atoms with Crippen LogP contribution in [0.2, 0.25) is 0 Å². The molecule has 0 spiro atoms. The van der Waals surface area contributed by atoms with E-state index in [4.69, 9.17) is 9.47 Å². The Morgan fingerprint density at radius 2 is 1.92 bits per heavy atom. The number of hydrazone groups is 1. The highest BCUT2D eigenvalue weighted by Gasteiger charge is 2.48. The van der Waals surface area contributed by atoms with Gasteiger partial charge in [0.1, 0.15) is 17.6 Å². The first-order valence-corrected chi connectivity index (χ1v) is 12.4. The van der Waals surface area contributed by atoms with E-state index in [0.717, 1.165) is 11.2 Å². The van der Waals surface area contributed by atoms with Crippen LogP contribution in [0.1, 0.15) is 33.6 Å². The lowest BCUT2D eigenvalue weighted by Gasteiger charge is -2.38. The molecule has 0 unspecified atom stereocenters. The molecular formula is C26H30F4N4O4. The smallest absolute Gasteiger partial charge is 0.431 e. The molecule has 0 bridgehead atoms. The summed E-state index contributed by atoms with van der Waals surface area (Å²) in [5.41, 5.74) is -0.229. The van der Waals surface area contributed by atoms with Crippen molar-refractivity contribution in [3.8, 4) is 11.6 Å². The third-order valence-corrected chi connectivity index (χ3v) is 6.87. The van der Waals surface area contributed by atoms with E-state index in [0.29, 0.717) is 49.1 Å². The number of carboxylic acid groups (broad SMARTS) is 1. The van der Waals surface area contributed by atoms with Crippen LogP contribution in [0.15, 0.2) is 41.6 Å². The SMILES string of the molecule is CCOc1cc(N2CC[C@@H](Oc3ccc(N4N=C(C(F)(F)F)[C@@H](C)[C@@H]4CC(=O)O)cc3)[C@@H](C)C2)c(F)cn1. The molecule has 1 N–H and O–H groups in total. The summed E-state index contributed by atoms with van der Waals surface area (Å²) in [7, 11) is 0. The Morgan fingerprint density at radius 1 is 1.21 bits per heavy atom. The van der Waals surface area contributed by atoms with Gasteiger partial charge < -0.3 is 19.5 Å². The lowest BCUT2D eigenvalue weighted by Crippen LogP contribution is -2.44. The van der Waals surface area contributed by atoms with Crippen LogP contribution in [0.5, 0.6) is 11.6 Å². The van der Waals surface area contributed by atoms with Crippen LogP contribution in [0, 0.1) is 17.7 Å². The Labute approximate surface area is 217 Å². The quantitative estimate of drug-likeness (QED) is 0.466. The van der Waals surface area contributed by atoms with Gasteiger partial charge in [-0.1, -0.05) is 13.8 Å². The molecule has 4 rings (SSSR count). The van der Waals surface area contributed by atoms with Gasteiger partial charge >= 0.3 is 12.1 Å². The first-order valence-electron chi connectivity index (χ1n) is 12.4. The maximum Gasteiger partial charge on any atom is 0.431 e. The van der Waals surface area contributed by atoms with Crippen molar-refractivity contribution < 1.29 is 36.9 Å². The Morgan fingerprint density at radius 3 is 2.53 bits per heavy atom. The fourth-order valence-corrected chi connectivity index (χ4v) is 4.93. The number of aliphatic carboxylic acids is 1. The van der Waals surface area contributed by atoms with Crippen molar-refractivity contribution in [1.29, 1.82) is 0 Å². The molecule has 3 heterocycles. The molecule has 1 aromatic heterocycles. The van der Waals surface area contributed by atoms with Crippen molar-refractivity contribution >= 4 is 23.1 Å². The van der Waals surface area contributed by atoms with Crippen molar-refractivity contribution in [1.82, 2.24) is 4.98 Å². The molecule has 0 radical (unpaired) electrons. The molecule has 4 atom stereocenters. The monoisotopic (exact) mass is 538 g/mol. The summed E-state index contributed by atoms with van der Waals surface area (Å²) >= 11 is 0. The molecule has 38 heavy (non-hydrogen) atoms. The van der Waals surface area contributed by atoms with Gasteiger partial charge in [-0.05, 0) is 31.2 Å². The average molecular weight is 539 g/mol. The molecular weight excluding hydrogens is 508 g/mol. The minimum Gasteiger partial charge on any atom is -0.490 e. The lowest BCUT2D eigenvalue weighted by atomic mass is 9.94. The van der Waals surface area contributed by atoms with Crippen molar-refractivity contribution in [2.45, 2.75) is 51.9 Å². The van der Waals surface area contributed by atoms with Crippen molar-refractivity contribution in [3.05, 3.63) is 42.3 Å². The number of ether oxygens (including phenoxy) is 2. The van der Waals surface area contributed by atoms with Crippen molar-refractivity contribution in [2.75, 3.05) is 29.6 Å². The lowest BCUT2D eigenvalue weighted by molar-refractivity contribution is -0.137. The van der Waals surface area contributed by atoms with Gasteiger partial charge in [0, 0.05) is 37.4 Å². The standard InChI is InChI=1S/C26H30F4N4O4/c1-4-37-23-11-21(19(27)13-31-23)33-10-9-22(15(2)14-33)38-18-7-5-17(6-8-18)34-20(12-24(35)36)16(3)25(32-34)26(28,29)30/h5-8,11,13,15-16,20,22H,4,9-10,12,14H2,1-3H3,(H,35,36)/t15-,16-,20-,22+/m0/s1. The van der Waals surface area contributed by atoms with Gasteiger partial charge in [-0.3, -0.25) is 9.80 Å². The largest absolute Gasteiger partial charge is 0.490 e. The highest BCUT2D eigenvalue weighted by molar-refractivity contribution is 5.95. The summed E-state index contributed by atoms with van der Waals surface area (Å²) in [4.78, 5) is 17.2. The predicted molar refractivity (Wildman–Crippen MR) is 133 cm³/mol. The van der Waals surface area contributed by atoms with Crippen LogP contribution in [0.25, 0.3) is 0 Å². The molecule has 2 aliphatic heterocycles. The zero-order chi connectivity index (χ0) is 27.6. The average Bonchev–Trinajstić information content (AvgIpc) is 3.18. The van der Waals surface area contributed by atoms with Gasteiger partial charge in [0.05, 0.1) is 36.6 Å². The number of halogens is 4. The van der Waals surface area contributed by atoms with Gasteiger partial charge in [-0.2, -0.15) is 18.3 Å². The fraction of sp³-hybridized carbons (Fsp3) is 0.500. The maximum absolute atomic E-state index is 14.4. The van der Waals surface area contributed by atoms with Crippen molar-refractivity contribution in [3.63, 3.8) is 0 Å². The first-order chi connectivity index (χ1) is 18.0. The number of hydrogen-bond acceptors (Lipinski definition) is 7. The number of piperidine rings is 1. The van der Waals surface area contributed by atoms with Crippen LogP contribution in [0.3, 0.4) is 0 Å². The zero-order valence-corrected chi connectivity index (χ0v) is 21.3. The summed E-state index contributed by atoms with van der Waals surface area (Å²) in [5.74, 6) is -1.79. The third kappa shape index (κ3) is 5.94. The second-order valence-corrected chi connectivity index (χ2v) is 9.55. The summed E-state index contributed by atoms with van der Waals surface area (Å²) in [5, 5.41) is 14.1. The van der Waals surface area contributed by atoms with E-state index in [1.165, 1.54) is 6.92 Å². The Hall–Kier alpha value is -3.57. The first kappa shape index (κ1) is 27.5. The highest BCUT2D eigenvalue weighted by Crippen LogP contribution is 2.37. The molecule has 8 nitrogen and oxygen atoms in total. The summed E-state index contributed by atoms with van der Waals surface area (Å²) < 4.78 is 66.3. The molecule has 2 aromatic rings.